The Labute approximate surface area is 170 Å². The molecule has 3 aliphatic rings. The number of Topliss-reactive ketones (excluding diaryl/α,β-unsaturated/α-hetero) is 2. The molecule has 0 N–H and O–H groups in total. The first kappa shape index (κ1) is 21.0. The molecule has 0 aromatic rings. The SMILES string of the molecule is CC(C)=CCCC1=CCC2C(=O)C3CC=C(CCC=C(C)C)CC3C(=O)C2C1. The summed E-state index contributed by atoms with van der Waals surface area (Å²) < 4.78 is 0. The van der Waals surface area contributed by atoms with Crippen LogP contribution in [0.5, 0.6) is 0 Å². The van der Waals surface area contributed by atoms with Crippen molar-refractivity contribution in [1.29, 1.82) is 0 Å². The van der Waals surface area contributed by atoms with E-state index in [4.69, 9.17) is 0 Å². The Bertz CT molecular complexity index is 678. The second-order valence-corrected chi connectivity index (χ2v) is 9.48. The summed E-state index contributed by atoms with van der Waals surface area (Å²) in [4.78, 5) is 26.5. The smallest absolute Gasteiger partial charge is 0.141 e. The van der Waals surface area contributed by atoms with Crippen LogP contribution in [0.1, 0.15) is 79.1 Å². The highest BCUT2D eigenvalue weighted by Crippen LogP contribution is 2.46. The van der Waals surface area contributed by atoms with Crippen molar-refractivity contribution < 1.29 is 9.59 Å². The zero-order valence-corrected chi connectivity index (χ0v) is 18.1. The molecule has 28 heavy (non-hydrogen) atoms. The minimum atomic E-state index is -0.0578. The van der Waals surface area contributed by atoms with Crippen LogP contribution in [0, 0.1) is 23.7 Å². The van der Waals surface area contributed by atoms with Gasteiger partial charge in [-0.2, -0.15) is 0 Å². The van der Waals surface area contributed by atoms with Gasteiger partial charge in [0.25, 0.3) is 0 Å². The Morgan fingerprint density at radius 2 is 1.14 bits per heavy atom. The van der Waals surface area contributed by atoms with E-state index in [-0.39, 0.29) is 23.7 Å². The van der Waals surface area contributed by atoms with Gasteiger partial charge in [0.15, 0.2) is 0 Å². The molecule has 4 atom stereocenters. The lowest BCUT2D eigenvalue weighted by atomic mass is 9.58. The molecule has 4 unspecified atom stereocenters. The molecule has 1 saturated carbocycles. The minimum Gasteiger partial charge on any atom is -0.299 e. The summed E-state index contributed by atoms with van der Waals surface area (Å²) >= 11 is 0. The van der Waals surface area contributed by atoms with Gasteiger partial charge in [-0.25, -0.2) is 0 Å². The van der Waals surface area contributed by atoms with Crippen molar-refractivity contribution in [3.8, 4) is 0 Å². The van der Waals surface area contributed by atoms with Crippen LogP contribution in [0.15, 0.2) is 46.6 Å². The van der Waals surface area contributed by atoms with E-state index < -0.39 is 0 Å². The first-order valence-corrected chi connectivity index (χ1v) is 11.1. The number of carbonyl (C=O) groups is 2. The second-order valence-electron chi connectivity index (χ2n) is 9.48. The van der Waals surface area contributed by atoms with Crippen LogP contribution in [0.4, 0.5) is 0 Å². The highest BCUT2D eigenvalue weighted by atomic mass is 16.1. The van der Waals surface area contributed by atoms with Crippen LogP contribution >= 0.6 is 0 Å². The lowest BCUT2D eigenvalue weighted by Crippen LogP contribution is -2.49. The molecule has 1 fully saturated rings. The highest BCUT2D eigenvalue weighted by Gasteiger charge is 2.50. The fourth-order valence-electron chi connectivity index (χ4n) is 5.21. The fourth-order valence-corrected chi connectivity index (χ4v) is 5.21. The van der Waals surface area contributed by atoms with Gasteiger partial charge in [0.05, 0.1) is 0 Å². The van der Waals surface area contributed by atoms with Crippen LogP contribution in [-0.4, -0.2) is 11.6 Å². The lowest BCUT2D eigenvalue weighted by Gasteiger charge is -2.43. The number of carbonyl (C=O) groups excluding carboxylic acids is 2. The van der Waals surface area contributed by atoms with Crippen molar-refractivity contribution in [2.24, 2.45) is 23.7 Å². The number of hydrogen-bond donors (Lipinski definition) is 0. The van der Waals surface area contributed by atoms with Gasteiger partial charge in [0.2, 0.25) is 0 Å². The second kappa shape index (κ2) is 9.20. The largest absolute Gasteiger partial charge is 0.299 e. The molecule has 0 amide bonds. The monoisotopic (exact) mass is 380 g/mol. The van der Waals surface area contributed by atoms with Crippen molar-refractivity contribution in [2.45, 2.75) is 79.1 Å². The fraction of sp³-hybridized carbons (Fsp3) is 0.615. The molecular formula is C26H36O2. The van der Waals surface area contributed by atoms with Crippen LogP contribution in [-0.2, 0) is 9.59 Å². The van der Waals surface area contributed by atoms with Gasteiger partial charge >= 0.3 is 0 Å². The van der Waals surface area contributed by atoms with E-state index in [1.54, 1.807) is 0 Å². The molecule has 0 aromatic heterocycles. The van der Waals surface area contributed by atoms with Crippen LogP contribution in [0.3, 0.4) is 0 Å². The summed E-state index contributed by atoms with van der Waals surface area (Å²) in [7, 11) is 0. The molecule has 0 bridgehead atoms. The van der Waals surface area contributed by atoms with E-state index in [1.807, 2.05) is 0 Å². The molecule has 2 nitrogen and oxygen atoms in total. The van der Waals surface area contributed by atoms with Crippen LogP contribution in [0.25, 0.3) is 0 Å². The van der Waals surface area contributed by atoms with Gasteiger partial charge in [-0.05, 0) is 79.1 Å². The quantitative estimate of drug-likeness (QED) is 0.490. The summed E-state index contributed by atoms with van der Waals surface area (Å²) in [5, 5.41) is 0. The Balaban J connectivity index is 1.67. The van der Waals surface area contributed by atoms with Gasteiger partial charge in [-0.1, -0.05) is 46.6 Å². The maximum Gasteiger partial charge on any atom is 0.141 e. The summed E-state index contributed by atoms with van der Waals surface area (Å²) in [6, 6.07) is 0. The lowest BCUT2D eigenvalue weighted by molar-refractivity contribution is -0.147. The Hall–Kier alpha value is -1.70. The van der Waals surface area contributed by atoms with Crippen molar-refractivity contribution in [1.82, 2.24) is 0 Å². The third kappa shape index (κ3) is 4.82. The Kier molecular flexibility index (Phi) is 6.91. The Morgan fingerprint density at radius 3 is 1.54 bits per heavy atom. The van der Waals surface area contributed by atoms with Crippen molar-refractivity contribution in [3.63, 3.8) is 0 Å². The van der Waals surface area contributed by atoms with Gasteiger partial charge in [-0.3, -0.25) is 9.59 Å². The minimum absolute atomic E-state index is 0.0541. The summed E-state index contributed by atoms with van der Waals surface area (Å²) in [6.07, 6.45) is 16.4. The summed E-state index contributed by atoms with van der Waals surface area (Å²) in [5.74, 6) is 0.530. The maximum absolute atomic E-state index is 13.4. The van der Waals surface area contributed by atoms with Crippen molar-refractivity contribution >= 4 is 11.6 Å². The van der Waals surface area contributed by atoms with Gasteiger partial charge in [0.1, 0.15) is 11.6 Å². The zero-order chi connectivity index (χ0) is 20.3. The summed E-state index contributed by atoms with van der Waals surface area (Å²) in [6.45, 7) is 8.50. The van der Waals surface area contributed by atoms with Gasteiger partial charge in [-0.15, -0.1) is 0 Å². The molecule has 3 rings (SSSR count). The molecule has 0 aliphatic heterocycles. The highest BCUT2D eigenvalue weighted by molar-refractivity contribution is 6.00. The Morgan fingerprint density at radius 1 is 0.750 bits per heavy atom. The number of allylic oxidation sites excluding steroid dienone is 8. The van der Waals surface area contributed by atoms with E-state index >= 15 is 0 Å². The number of ketones is 2. The van der Waals surface area contributed by atoms with E-state index in [9.17, 15) is 9.59 Å². The number of fused-ring (bicyclic) bond motifs is 2. The standard InChI is InChI=1S/C26H36O2/c1-17(2)7-5-9-19-11-13-21-23(15-19)26(28)24-16-20(10-6-8-18(3)4)12-14-22(24)25(21)27/h7-8,11-12,21-24H,5-6,9-10,13-16H2,1-4H3. The number of hydrogen-bond acceptors (Lipinski definition) is 2. The molecule has 0 saturated heterocycles. The molecular weight excluding hydrogens is 344 g/mol. The van der Waals surface area contributed by atoms with Crippen LogP contribution < -0.4 is 0 Å². The first-order valence-electron chi connectivity index (χ1n) is 11.1. The van der Waals surface area contributed by atoms with Crippen molar-refractivity contribution in [3.05, 3.63) is 46.6 Å². The third-order valence-corrected chi connectivity index (χ3v) is 6.75. The number of rotatable bonds is 6. The maximum atomic E-state index is 13.4. The molecule has 3 aliphatic carbocycles. The van der Waals surface area contributed by atoms with Crippen molar-refractivity contribution in [2.75, 3.05) is 0 Å². The van der Waals surface area contributed by atoms with E-state index in [0.29, 0.717) is 11.6 Å². The first-order chi connectivity index (χ1) is 13.4. The van der Waals surface area contributed by atoms with E-state index in [2.05, 4.69) is 52.0 Å². The third-order valence-electron chi connectivity index (χ3n) is 6.75. The van der Waals surface area contributed by atoms with E-state index in [1.165, 1.54) is 22.3 Å². The van der Waals surface area contributed by atoms with Crippen LogP contribution in [0.2, 0.25) is 0 Å². The molecule has 0 aromatic carbocycles. The van der Waals surface area contributed by atoms with E-state index in [0.717, 1.165) is 51.4 Å². The molecule has 2 heteroatoms. The topological polar surface area (TPSA) is 34.1 Å². The average molecular weight is 381 g/mol. The predicted octanol–water partition coefficient (Wildman–Crippen LogP) is 6.54. The molecule has 152 valence electrons. The zero-order valence-electron chi connectivity index (χ0n) is 18.1. The normalized spacial score (nSPS) is 29.3. The molecule has 0 heterocycles. The average Bonchev–Trinajstić information content (AvgIpc) is 2.65. The summed E-state index contributed by atoms with van der Waals surface area (Å²) in [5.41, 5.74) is 5.45. The molecule has 0 radical (unpaired) electrons. The molecule has 0 spiro atoms. The van der Waals surface area contributed by atoms with Gasteiger partial charge < -0.3 is 0 Å². The predicted molar refractivity (Wildman–Crippen MR) is 116 cm³/mol. The van der Waals surface area contributed by atoms with Gasteiger partial charge in [0, 0.05) is 23.7 Å².